The Balaban J connectivity index is 2.00. The molecule has 2 rings (SSSR count). The van der Waals surface area contributed by atoms with Gasteiger partial charge in [-0.15, -0.1) is 0 Å². The quantitative estimate of drug-likeness (QED) is 0.681. The second-order valence-corrected chi connectivity index (χ2v) is 5.22. The molecule has 0 saturated carbocycles. The Morgan fingerprint density at radius 1 is 1.05 bits per heavy atom. The van der Waals surface area contributed by atoms with Crippen LogP contribution in [0.15, 0.2) is 59.6 Å². The number of hydrogen-bond donors (Lipinski definition) is 1. The molecule has 4 heteroatoms. The minimum atomic E-state index is 0.618. The van der Waals surface area contributed by atoms with Crippen LogP contribution in [0.5, 0.6) is 5.75 Å². The number of rotatable bonds is 5. The van der Waals surface area contributed by atoms with Crippen LogP contribution in [0, 0.1) is 0 Å². The highest BCUT2D eigenvalue weighted by atomic mass is 16.5. The van der Waals surface area contributed by atoms with Crippen molar-refractivity contribution in [1.82, 2.24) is 10.2 Å². The number of nitrogens with zero attached hydrogens (tertiary/aromatic N) is 2. The third-order valence-corrected chi connectivity index (χ3v) is 3.26. The van der Waals surface area contributed by atoms with Gasteiger partial charge in [-0.1, -0.05) is 42.5 Å². The molecule has 0 aliphatic rings. The van der Waals surface area contributed by atoms with Crippen molar-refractivity contribution < 1.29 is 4.74 Å². The fourth-order valence-electron chi connectivity index (χ4n) is 2.07. The summed E-state index contributed by atoms with van der Waals surface area (Å²) in [7, 11) is 5.65. The second-order valence-electron chi connectivity index (χ2n) is 5.22. The minimum absolute atomic E-state index is 0.618. The number of nitrogens with one attached hydrogen (secondary N) is 1. The molecule has 22 heavy (non-hydrogen) atoms. The van der Waals surface area contributed by atoms with E-state index in [2.05, 4.69) is 28.5 Å². The molecular weight excluding hydrogens is 274 g/mol. The van der Waals surface area contributed by atoms with Crippen LogP contribution in [0.4, 0.5) is 0 Å². The van der Waals surface area contributed by atoms with Crippen LogP contribution in [-0.2, 0) is 13.1 Å². The molecule has 0 atom stereocenters. The van der Waals surface area contributed by atoms with E-state index >= 15 is 0 Å². The lowest BCUT2D eigenvalue weighted by Gasteiger charge is -2.17. The minimum Gasteiger partial charge on any atom is -0.497 e. The van der Waals surface area contributed by atoms with Crippen molar-refractivity contribution in [1.29, 1.82) is 0 Å². The normalized spacial score (nSPS) is 11.1. The van der Waals surface area contributed by atoms with Crippen LogP contribution < -0.4 is 10.1 Å². The van der Waals surface area contributed by atoms with Crippen molar-refractivity contribution in [3.8, 4) is 5.75 Å². The number of aliphatic imine (C=N–C) groups is 1. The van der Waals surface area contributed by atoms with Crippen LogP contribution in [-0.4, -0.2) is 32.1 Å². The molecule has 2 aromatic rings. The van der Waals surface area contributed by atoms with Gasteiger partial charge in [-0.25, -0.2) is 4.99 Å². The lowest BCUT2D eigenvalue weighted by molar-refractivity contribution is 0.414. The van der Waals surface area contributed by atoms with E-state index in [9.17, 15) is 0 Å². The zero-order chi connectivity index (χ0) is 15.8. The monoisotopic (exact) mass is 297 g/mol. The predicted molar refractivity (Wildman–Crippen MR) is 91.1 cm³/mol. The number of guanidine groups is 1. The molecule has 4 nitrogen and oxygen atoms in total. The largest absolute Gasteiger partial charge is 0.497 e. The average Bonchev–Trinajstić information content (AvgIpc) is 2.55. The van der Waals surface area contributed by atoms with Crippen molar-refractivity contribution >= 4 is 5.96 Å². The fourth-order valence-corrected chi connectivity index (χ4v) is 2.07. The average molecular weight is 297 g/mol. The zero-order valence-electron chi connectivity index (χ0n) is 13.4. The smallest absolute Gasteiger partial charge is 0.194 e. The fraction of sp³-hybridized carbons (Fsp3) is 0.278. The van der Waals surface area contributed by atoms with Gasteiger partial charge in [-0.3, -0.25) is 0 Å². The molecular formula is C18H23N3O. The first kappa shape index (κ1) is 15.9. The summed E-state index contributed by atoms with van der Waals surface area (Å²) < 4.78 is 5.24. The van der Waals surface area contributed by atoms with Crippen LogP contribution >= 0.6 is 0 Å². The third-order valence-electron chi connectivity index (χ3n) is 3.26. The van der Waals surface area contributed by atoms with Gasteiger partial charge in [-0.05, 0) is 23.3 Å². The Morgan fingerprint density at radius 3 is 2.45 bits per heavy atom. The molecule has 0 amide bonds. The number of ether oxygens (including phenoxy) is 1. The summed E-state index contributed by atoms with van der Waals surface area (Å²) in [5.41, 5.74) is 2.36. The Hall–Kier alpha value is -2.49. The SMILES string of the molecule is COc1cccc(CN=C(NCc2ccccc2)N(C)C)c1. The molecule has 0 saturated heterocycles. The van der Waals surface area contributed by atoms with Crippen molar-refractivity contribution in [3.05, 3.63) is 65.7 Å². The predicted octanol–water partition coefficient (Wildman–Crippen LogP) is 2.90. The van der Waals surface area contributed by atoms with Crippen molar-refractivity contribution in [2.75, 3.05) is 21.2 Å². The molecule has 0 spiro atoms. The van der Waals surface area contributed by atoms with E-state index in [1.807, 2.05) is 55.4 Å². The van der Waals surface area contributed by atoms with E-state index in [1.54, 1.807) is 7.11 Å². The molecule has 1 N–H and O–H groups in total. The summed E-state index contributed by atoms with van der Waals surface area (Å²) in [6, 6.07) is 18.3. The van der Waals surface area contributed by atoms with E-state index in [0.717, 1.165) is 23.8 Å². The van der Waals surface area contributed by atoms with Crippen LogP contribution in [0.2, 0.25) is 0 Å². The Labute approximate surface area is 132 Å². The molecule has 2 aromatic carbocycles. The summed E-state index contributed by atoms with van der Waals surface area (Å²) in [6.45, 7) is 1.38. The Morgan fingerprint density at radius 2 is 1.77 bits per heavy atom. The molecule has 0 fully saturated rings. The Bertz CT molecular complexity index is 609. The van der Waals surface area contributed by atoms with Gasteiger partial charge in [0, 0.05) is 20.6 Å². The van der Waals surface area contributed by atoms with Crippen LogP contribution in [0.1, 0.15) is 11.1 Å². The maximum Gasteiger partial charge on any atom is 0.194 e. The van der Waals surface area contributed by atoms with Crippen molar-refractivity contribution in [2.24, 2.45) is 4.99 Å². The zero-order valence-corrected chi connectivity index (χ0v) is 13.4. The summed E-state index contributed by atoms with van der Waals surface area (Å²) >= 11 is 0. The van der Waals surface area contributed by atoms with E-state index in [-0.39, 0.29) is 0 Å². The van der Waals surface area contributed by atoms with Gasteiger partial charge in [0.05, 0.1) is 13.7 Å². The molecule has 0 aliphatic carbocycles. The van der Waals surface area contributed by atoms with Crippen molar-refractivity contribution in [3.63, 3.8) is 0 Å². The first-order valence-corrected chi connectivity index (χ1v) is 7.31. The van der Waals surface area contributed by atoms with Gasteiger partial charge in [-0.2, -0.15) is 0 Å². The summed E-state index contributed by atoms with van der Waals surface area (Å²) in [4.78, 5) is 6.65. The molecule has 0 aromatic heterocycles. The van der Waals surface area contributed by atoms with Gasteiger partial charge in [0.2, 0.25) is 0 Å². The van der Waals surface area contributed by atoms with E-state index < -0.39 is 0 Å². The second kappa shape index (κ2) is 8.08. The van der Waals surface area contributed by atoms with E-state index in [4.69, 9.17) is 4.74 Å². The van der Waals surface area contributed by atoms with Gasteiger partial charge in [0.25, 0.3) is 0 Å². The summed E-state index contributed by atoms with van der Waals surface area (Å²) in [5, 5.41) is 3.38. The highest BCUT2D eigenvalue weighted by Gasteiger charge is 2.02. The number of benzene rings is 2. The number of hydrogen-bond acceptors (Lipinski definition) is 2. The van der Waals surface area contributed by atoms with E-state index in [1.165, 1.54) is 5.56 Å². The lowest BCUT2D eigenvalue weighted by Crippen LogP contribution is -2.36. The lowest BCUT2D eigenvalue weighted by atomic mass is 10.2. The van der Waals surface area contributed by atoms with Crippen molar-refractivity contribution in [2.45, 2.75) is 13.1 Å². The first-order valence-electron chi connectivity index (χ1n) is 7.31. The molecule has 0 heterocycles. The topological polar surface area (TPSA) is 36.9 Å². The highest BCUT2D eigenvalue weighted by Crippen LogP contribution is 2.13. The molecule has 0 aliphatic heterocycles. The number of methoxy groups -OCH3 is 1. The first-order chi connectivity index (χ1) is 10.7. The Kier molecular flexibility index (Phi) is 5.83. The van der Waals surface area contributed by atoms with Gasteiger partial charge in [0.1, 0.15) is 5.75 Å². The summed E-state index contributed by atoms with van der Waals surface area (Å²) in [5.74, 6) is 1.73. The van der Waals surface area contributed by atoms with Gasteiger partial charge < -0.3 is 15.0 Å². The van der Waals surface area contributed by atoms with Gasteiger partial charge in [0.15, 0.2) is 5.96 Å². The molecule has 116 valence electrons. The van der Waals surface area contributed by atoms with E-state index in [0.29, 0.717) is 6.54 Å². The van der Waals surface area contributed by atoms with Crippen LogP contribution in [0.3, 0.4) is 0 Å². The maximum atomic E-state index is 5.24. The maximum absolute atomic E-state index is 5.24. The molecule has 0 radical (unpaired) electrons. The highest BCUT2D eigenvalue weighted by molar-refractivity contribution is 5.79. The van der Waals surface area contributed by atoms with Gasteiger partial charge >= 0.3 is 0 Å². The standard InChI is InChI=1S/C18H23N3O/c1-21(2)18(19-13-15-8-5-4-6-9-15)20-14-16-10-7-11-17(12-16)22-3/h4-12H,13-14H2,1-3H3,(H,19,20). The van der Waals surface area contributed by atoms with Crippen LogP contribution in [0.25, 0.3) is 0 Å². The molecule has 0 bridgehead atoms. The third kappa shape index (κ3) is 4.81. The molecule has 0 unspecified atom stereocenters. The summed E-state index contributed by atoms with van der Waals surface area (Å²) in [6.07, 6.45) is 0.